The Bertz CT molecular complexity index is 805. The molecule has 0 aliphatic rings. The van der Waals surface area contributed by atoms with Gasteiger partial charge in [-0.1, -0.05) is 23.7 Å². The molecule has 2 aromatic carbocycles. The Kier molecular flexibility index (Phi) is 5.08. The third-order valence-corrected chi connectivity index (χ3v) is 5.33. The van der Waals surface area contributed by atoms with Crippen LogP contribution < -0.4 is 4.72 Å². The summed E-state index contributed by atoms with van der Waals surface area (Å²) in [6.45, 7) is 3.40. The fourth-order valence-electron chi connectivity index (χ4n) is 2.26. The summed E-state index contributed by atoms with van der Waals surface area (Å²) in [5.74, 6) is -0.968. The monoisotopic (exact) mass is 359 g/mol. The van der Waals surface area contributed by atoms with Gasteiger partial charge in [-0.15, -0.1) is 0 Å². The van der Waals surface area contributed by atoms with Gasteiger partial charge in [0.15, 0.2) is 0 Å². The van der Waals surface area contributed by atoms with E-state index in [0.717, 1.165) is 23.8 Å². The summed E-state index contributed by atoms with van der Waals surface area (Å²) in [6.07, 6.45) is 0.353. The van der Waals surface area contributed by atoms with Gasteiger partial charge in [0.05, 0.1) is 5.02 Å². The molecular formula is C16H16ClF2NO2S. The van der Waals surface area contributed by atoms with Crippen LogP contribution in [0.2, 0.25) is 5.02 Å². The van der Waals surface area contributed by atoms with E-state index in [1.807, 2.05) is 0 Å². The minimum atomic E-state index is -3.92. The van der Waals surface area contributed by atoms with Crippen LogP contribution in [0.4, 0.5) is 8.78 Å². The predicted octanol–water partition coefficient (Wildman–Crippen LogP) is 3.92. The van der Waals surface area contributed by atoms with E-state index in [2.05, 4.69) is 4.72 Å². The molecule has 1 N–H and O–H groups in total. The molecule has 0 unspecified atom stereocenters. The molecule has 7 heteroatoms. The maximum Gasteiger partial charge on any atom is 0.242 e. The maximum absolute atomic E-state index is 13.1. The second kappa shape index (κ2) is 6.55. The average Bonchev–Trinajstić information content (AvgIpc) is 2.39. The topological polar surface area (TPSA) is 46.2 Å². The van der Waals surface area contributed by atoms with E-state index in [9.17, 15) is 17.2 Å². The first-order chi connectivity index (χ1) is 10.6. The molecular weight excluding hydrogens is 344 g/mol. The molecule has 0 saturated heterocycles. The van der Waals surface area contributed by atoms with Gasteiger partial charge >= 0.3 is 0 Å². The lowest BCUT2D eigenvalue weighted by Crippen LogP contribution is -2.45. The lowest BCUT2D eigenvalue weighted by Gasteiger charge is -2.26. The van der Waals surface area contributed by atoms with Crippen molar-refractivity contribution < 1.29 is 17.2 Å². The van der Waals surface area contributed by atoms with Gasteiger partial charge in [-0.05, 0) is 56.2 Å². The van der Waals surface area contributed by atoms with Crippen LogP contribution in [-0.4, -0.2) is 14.0 Å². The van der Waals surface area contributed by atoms with Crippen LogP contribution in [0, 0.1) is 11.6 Å². The van der Waals surface area contributed by atoms with E-state index >= 15 is 0 Å². The van der Waals surface area contributed by atoms with E-state index in [-0.39, 0.29) is 15.7 Å². The standard InChI is InChI=1S/C16H16ClF2NO2S/c1-16(2,10-11-3-5-12(18)6-4-11)20-23(21,22)15-8-7-13(19)9-14(15)17/h3-9,20H,10H2,1-2H3. The molecule has 0 radical (unpaired) electrons. The minimum absolute atomic E-state index is 0.185. The van der Waals surface area contributed by atoms with Crippen LogP contribution in [0.5, 0.6) is 0 Å². The molecule has 3 nitrogen and oxygen atoms in total. The molecule has 0 atom stereocenters. The van der Waals surface area contributed by atoms with Crippen LogP contribution in [0.3, 0.4) is 0 Å². The fraction of sp³-hybridized carbons (Fsp3) is 0.250. The van der Waals surface area contributed by atoms with Gasteiger partial charge in [-0.3, -0.25) is 0 Å². The Morgan fingerprint density at radius 2 is 1.61 bits per heavy atom. The molecule has 0 aliphatic carbocycles. The number of rotatable bonds is 5. The van der Waals surface area contributed by atoms with E-state index in [4.69, 9.17) is 11.6 Å². The number of hydrogen-bond acceptors (Lipinski definition) is 2. The summed E-state index contributed by atoms with van der Waals surface area (Å²) >= 11 is 5.82. The molecule has 0 aliphatic heterocycles. The summed E-state index contributed by atoms with van der Waals surface area (Å²) in [5.41, 5.74) is -0.0571. The Hall–Kier alpha value is -1.50. The van der Waals surface area contributed by atoms with Crippen molar-refractivity contribution in [3.8, 4) is 0 Å². The van der Waals surface area contributed by atoms with Gasteiger partial charge in [0, 0.05) is 5.54 Å². The molecule has 0 amide bonds. The zero-order valence-corrected chi connectivity index (χ0v) is 14.2. The molecule has 0 fully saturated rings. The molecule has 0 spiro atoms. The highest BCUT2D eigenvalue weighted by Gasteiger charge is 2.28. The molecule has 2 rings (SSSR count). The lowest BCUT2D eigenvalue weighted by atomic mass is 9.96. The normalized spacial score (nSPS) is 12.4. The zero-order chi connectivity index (χ0) is 17.3. The van der Waals surface area contributed by atoms with E-state index < -0.39 is 21.4 Å². The second-order valence-electron chi connectivity index (χ2n) is 5.87. The number of halogens is 3. The third kappa shape index (κ3) is 4.73. The summed E-state index contributed by atoms with van der Waals surface area (Å²) < 4.78 is 53.4. The highest BCUT2D eigenvalue weighted by atomic mass is 35.5. The van der Waals surface area contributed by atoms with Crippen molar-refractivity contribution in [3.63, 3.8) is 0 Å². The summed E-state index contributed by atoms with van der Waals surface area (Å²) in [7, 11) is -3.92. The van der Waals surface area contributed by atoms with Crippen molar-refractivity contribution in [2.24, 2.45) is 0 Å². The third-order valence-electron chi connectivity index (χ3n) is 3.15. The van der Waals surface area contributed by atoms with Crippen molar-refractivity contribution in [2.45, 2.75) is 30.7 Å². The fourth-order valence-corrected chi connectivity index (χ4v) is 4.20. The Morgan fingerprint density at radius 3 is 2.17 bits per heavy atom. The van der Waals surface area contributed by atoms with Crippen LogP contribution in [-0.2, 0) is 16.4 Å². The average molecular weight is 360 g/mol. The minimum Gasteiger partial charge on any atom is -0.207 e. The largest absolute Gasteiger partial charge is 0.242 e. The molecule has 0 saturated carbocycles. The number of hydrogen-bond donors (Lipinski definition) is 1. The van der Waals surface area contributed by atoms with Crippen molar-refractivity contribution in [2.75, 3.05) is 0 Å². The van der Waals surface area contributed by atoms with Crippen LogP contribution >= 0.6 is 11.6 Å². The Labute approximate surface area is 139 Å². The summed E-state index contributed by atoms with van der Waals surface area (Å²) in [5, 5.41) is -0.185. The first-order valence-electron chi connectivity index (χ1n) is 6.83. The molecule has 124 valence electrons. The number of benzene rings is 2. The summed E-state index contributed by atoms with van der Waals surface area (Å²) in [4.78, 5) is -0.187. The molecule has 0 aromatic heterocycles. The Morgan fingerprint density at radius 1 is 1.04 bits per heavy atom. The highest BCUT2D eigenvalue weighted by Crippen LogP contribution is 2.24. The predicted molar refractivity (Wildman–Crippen MR) is 85.9 cm³/mol. The van der Waals surface area contributed by atoms with Crippen molar-refractivity contribution in [1.82, 2.24) is 4.72 Å². The lowest BCUT2D eigenvalue weighted by molar-refractivity contribution is 0.450. The van der Waals surface area contributed by atoms with Gasteiger partial charge in [-0.2, -0.15) is 0 Å². The molecule has 2 aromatic rings. The first-order valence-corrected chi connectivity index (χ1v) is 8.69. The number of sulfonamides is 1. The second-order valence-corrected chi connectivity index (χ2v) is 7.93. The number of nitrogens with one attached hydrogen (secondary N) is 1. The molecule has 0 heterocycles. The van der Waals surface area contributed by atoms with Crippen LogP contribution in [0.25, 0.3) is 0 Å². The smallest absolute Gasteiger partial charge is 0.207 e. The quantitative estimate of drug-likeness (QED) is 0.879. The van der Waals surface area contributed by atoms with Gasteiger partial charge in [0.25, 0.3) is 0 Å². The van der Waals surface area contributed by atoms with Crippen molar-refractivity contribution >= 4 is 21.6 Å². The van der Waals surface area contributed by atoms with Gasteiger partial charge in [0.1, 0.15) is 16.5 Å². The molecule has 23 heavy (non-hydrogen) atoms. The van der Waals surface area contributed by atoms with Crippen molar-refractivity contribution in [3.05, 3.63) is 64.7 Å². The van der Waals surface area contributed by atoms with Gasteiger partial charge in [-0.25, -0.2) is 21.9 Å². The summed E-state index contributed by atoms with van der Waals surface area (Å²) in [6, 6.07) is 8.92. The van der Waals surface area contributed by atoms with E-state index in [1.165, 1.54) is 12.1 Å². The van der Waals surface area contributed by atoms with Crippen LogP contribution in [0.1, 0.15) is 19.4 Å². The SMILES string of the molecule is CC(C)(Cc1ccc(F)cc1)NS(=O)(=O)c1ccc(F)cc1Cl. The van der Waals surface area contributed by atoms with E-state index in [1.54, 1.807) is 26.0 Å². The van der Waals surface area contributed by atoms with Crippen molar-refractivity contribution in [1.29, 1.82) is 0 Å². The van der Waals surface area contributed by atoms with E-state index in [0.29, 0.717) is 6.42 Å². The first kappa shape index (κ1) is 17.8. The zero-order valence-electron chi connectivity index (χ0n) is 12.6. The Balaban J connectivity index is 2.22. The highest BCUT2D eigenvalue weighted by molar-refractivity contribution is 7.89. The van der Waals surface area contributed by atoms with Gasteiger partial charge in [0.2, 0.25) is 10.0 Å². The van der Waals surface area contributed by atoms with Gasteiger partial charge < -0.3 is 0 Å². The van der Waals surface area contributed by atoms with Crippen LogP contribution in [0.15, 0.2) is 47.4 Å². The maximum atomic E-state index is 13.1. The molecule has 0 bridgehead atoms.